The number of aromatic nitrogens is 2. The minimum atomic E-state index is -4.97. The Morgan fingerprint density at radius 1 is 0.941 bits per heavy atom. The van der Waals surface area contributed by atoms with Crippen LogP contribution in [0, 0.1) is 5.92 Å². The van der Waals surface area contributed by atoms with Crippen LogP contribution < -0.4 is 0 Å². The van der Waals surface area contributed by atoms with Gasteiger partial charge in [-0.2, -0.15) is 26.3 Å². The maximum Gasteiger partial charge on any atom is 0.416 e. The number of halogens is 6. The third-order valence-corrected chi connectivity index (χ3v) is 5.53. The second-order valence-corrected chi connectivity index (χ2v) is 8.09. The van der Waals surface area contributed by atoms with Crippen molar-refractivity contribution in [1.29, 1.82) is 0 Å². The molecule has 1 fully saturated rings. The van der Waals surface area contributed by atoms with Crippen LogP contribution in [-0.4, -0.2) is 40.5 Å². The van der Waals surface area contributed by atoms with Gasteiger partial charge in [-0.15, -0.1) is 0 Å². The third-order valence-electron chi connectivity index (χ3n) is 5.53. The lowest BCUT2D eigenvalue weighted by Crippen LogP contribution is -2.35. The van der Waals surface area contributed by atoms with E-state index >= 15 is 0 Å². The van der Waals surface area contributed by atoms with E-state index in [0.717, 1.165) is 0 Å². The molecule has 0 N–H and O–H groups in total. The maximum absolute atomic E-state index is 13.3. The molecule has 0 aliphatic carbocycles. The van der Waals surface area contributed by atoms with Crippen LogP contribution in [0.15, 0.2) is 48.8 Å². The summed E-state index contributed by atoms with van der Waals surface area (Å²) in [6, 6.07) is 5.95. The van der Waals surface area contributed by atoms with Crippen LogP contribution in [-0.2, 0) is 23.6 Å². The molecule has 2 heterocycles. The van der Waals surface area contributed by atoms with Crippen molar-refractivity contribution < 1.29 is 35.9 Å². The second kappa shape index (κ2) is 9.21. The fraction of sp³-hybridized carbons (Fsp3) is 0.348. The number of carbonyl (C=O) groups is 1. The molecule has 0 saturated carbocycles. The minimum absolute atomic E-state index is 0.0719. The largest absolute Gasteiger partial charge is 0.416 e. The number of ether oxygens (including phenoxy) is 1. The monoisotopic (exact) mass is 483 g/mol. The van der Waals surface area contributed by atoms with Crippen molar-refractivity contribution in [2.75, 3.05) is 19.8 Å². The second-order valence-electron chi connectivity index (χ2n) is 8.09. The molecule has 0 radical (unpaired) electrons. The van der Waals surface area contributed by atoms with E-state index < -0.39 is 35.9 Å². The van der Waals surface area contributed by atoms with E-state index in [1.54, 1.807) is 6.07 Å². The summed E-state index contributed by atoms with van der Waals surface area (Å²) >= 11 is 0. The summed E-state index contributed by atoms with van der Waals surface area (Å²) in [4.78, 5) is 22.9. The highest BCUT2D eigenvalue weighted by Crippen LogP contribution is 2.36. The molecule has 1 aliphatic rings. The lowest BCUT2D eigenvalue weighted by atomic mass is 10.0. The average molecular weight is 483 g/mol. The SMILES string of the molecule is O=C(c1ccc2nccnc2c1)N(Cc1cc(C(F)(F)F)cc(C(F)(F)F)c1)CC1CCOC1. The van der Waals surface area contributed by atoms with Gasteiger partial charge in [0.15, 0.2) is 0 Å². The Labute approximate surface area is 190 Å². The number of amides is 1. The van der Waals surface area contributed by atoms with Gasteiger partial charge < -0.3 is 9.64 Å². The molecule has 2 aromatic carbocycles. The van der Waals surface area contributed by atoms with Gasteiger partial charge in [-0.25, -0.2) is 0 Å². The first kappa shape index (κ1) is 23.9. The van der Waals surface area contributed by atoms with Crippen LogP contribution in [0.4, 0.5) is 26.3 Å². The molecule has 1 amide bonds. The number of hydrogen-bond donors (Lipinski definition) is 0. The van der Waals surface area contributed by atoms with E-state index in [0.29, 0.717) is 42.8 Å². The Morgan fingerprint density at radius 3 is 2.18 bits per heavy atom. The Balaban J connectivity index is 1.70. The molecular formula is C23H19F6N3O2. The molecular weight excluding hydrogens is 464 g/mol. The summed E-state index contributed by atoms with van der Waals surface area (Å²) in [6.07, 6.45) is -6.38. The molecule has 5 nitrogen and oxygen atoms in total. The highest BCUT2D eigenvalue weighted by molar-refractivity contribution is 5.97. The minimum Gasteiger partial charge on any atom is -0.381 e. The smallest absolute Gasteiger partial charge is 0.381 e. The normalized spacial score (nSPS) is 16.7. The van der Waals surface area contributed by atoms with Gasteiger partial charge in [-0.1, -0.05) is 0 Å². The van der Waals surface area contributed by atoms with E-state index in [1.807, 2.05) is 0 Å². The van der Waals surface area contributed by atoms with Crippen LogP contribution in [0.1, 0.15) is 33.5 Å². The molecule has 3 aromatic rings. The summed E-state index contributed by atoms with van der Waals surface area (Å²) in [7, 11) is 0. The first-order valence-electron chi connectivity index (χ1n) is 10.4. The average Bonchev–Trinajstić information content (AvgIpc) is 3.29. The number of nitrogens with zero attached hydrogens (tertiary/aromatic N) is 3. The summed E-state index contributed by atoms with van der Waals surface area (Å²) in [5.41, 5.74) is -1.92. The van der Waals surface area contributed by atoms with Gasteiger partial charge in [0, 0.05) is 43.6 Å². The van der Waals surface area contributed by atoms with Gasteiger partial charge in [0.2, 0.25) is 0 Å². The van der Waals surface area contributed by atoms with Crippen molar-refractivity contribution in [3.8, 4) is 0 Å². The van der Waals surface area contributed by atoms with Gasteiger partial charge in [-0.05, 0) is 48.4 Å². The summed E-state index contributed by atoms with van der Waals surface area (Å²) < 4.78 is 85.1. The number of alkyl halides is 6. The first-order valence-corrected chi connectivity index (χ1v) is 10.4. The van der Waals surface area contributed by atoms with Crippen molar-refractivity contribution >= 4 is 16.9 Å². The lowest BCUT2D eigenvalue weighted by Gasteiger charge is -2.26. The molecule has 180 valence electrons. The van der Waals surface area contributed by atoms with Crippen molar-refractivity contribution in [1.82, 2.24) is 14.9 Å². The Kier molecular flexibility index (Phi) is 6.48. The van der Waals surface area contributed by atoms with E-state index in [2.05, 4.69) is 9.97 Å². The van der Waals surface area contributed by atoms with Crippen LogP contribution in [0.3, 0.4) is 0 Å². The predicted molar refractivity (Wildman–Crippen MR) is 110 cm³/mol. The van der Waals surface area contributed by atoms with Gasteiger partial charge >= 0.3 is 12.4 Å². The topological polar surface area (TPSA) is 55.3 Å². The van der Waals surface area contributed by atoms with Crippen LogP contribution in [0.5, 0.6) is 0 Å². The number of hydrogen-bond acceptors (Lipinski definition) is 4. The summed E-state index contributed by atoms with van der Waals surface area (Å²) in [5.74, 6) is -0.623. The zero-order valence-corrected chi connectivity index (χ0v) is 17.7. The third kappa shape index (κ3) is 5.46. The molecule has 1 atom stereocenters. The molecule has 11 heteroatoms. The standard InChI is InChI=1S/C23H19F6N3O2/c24-22(25,26)17-7-15(8-18(10-17)23(27,28)29)12-32(11-14-3-6-34-13-14)21(33)16-1-2-19-20(9-16)31-5-4-30-19/h1-2,4-5,7-10,14H,3,6,11-13H2. The number of benzene rings is 2. The van der Waals surface area contributed by atoms with Crippen LogP contribution in [0.25, 0.3) is 11.0 Å². The van der Waals surface area contributed by atoms with Gasteiger partial charge in [0.1, 0.15) is 0 Å². The number of carbonyl (C=O) groups excluding carboxylic acids is 1. The predicted octanol–water partition coefficient (Wildman–Crippen LogP) is 5.35. The highest BCUT2D eigenvalue weighted by atomic mass is 19.4. The van der Waals surface area contributed by atoms with Crippen molar-refractivity contribution in [3.05, 3.63) is 71.0 Å². The van der Waals surface area contributed by atoms with Gasteiger partial charge in [0.25, 0.3) is 5.91 Å². The van der Waals surface area contributed by atoms with E-state index in [1.165, 1.54) is 29.4 Å². The maximum atomic E-state index is 13.3. The Morgan fingerprint density at radius 2 is 1.59 bits per heavy atom. The van der Waals surface area contributed by atoms with Crippen LogP contribution >= 0.6 is 0 Å². The number of fused-ring (bicyclic) bond motifs is 1. The quantitative estimate of drug-likeness (QED) is 0.460. The van der Waals surface area contributed by atoms with Crippen LogP contribution in [0.2, 0.25) is 0 Å². The van der Waals surface area contributed by atoms with E-state index in [-0.39, 0.29) is 29.7 Å². The van der Waals surface area contributed by atoms with Crippen molar-refractivity contribution in [2.24, 2.45) is 5.92 Å². The fourth-order valence-corrected chi connectivity index (χ4v) is 3.87. The van der Waals surface area contributed by atoms with Crippen molar-refractivity contribution in [3.63, 3.8) is 0 Å². The molecule has 4 rings (SSSR count). The lowest BCUT2D eigenvalue weighted by molar-refractivity contribution is -0.143. The van der Waals surface area contributed by atoms with Crippen molar-refractivity contribution in [2.45, 2.75) is 25.3 Å². The first-order chi connectivity index (χ1) is 16.0. The number of rotatable bonds is 5. The molecule has 1 saturated heterocycles. The van der Waals surface area contributed by atoms with Gasteiger partial charge in [-0.3, -0.25) is 14.8 Å². The van der Waals surface area contributed by atoms with E-state index in [9.17, 15) is 31.1 Å². The Bertz CT molecular complexity index is 1160. The Hall–Kier alpha value is -3.21. The zero-order chi connectivity index (χ0) is 24.5. The molecule has 34 heavy (non-hydrogen) atoms. The molecule has 0 bridgehead atoms. The summed E-state index contributed by atoms with van der Waals surface area (Å²) in [6.45, 7) is 0.513. The van der Waals surface area contributed by atoms with Gasteiger partial charge in [0.05, 0.1) is 28.8 Å². The summed E-state index contributed by atoms with van der Waals surface area (Å²) in [5, 5.41) is 0. The molecule has 1 aliphatic heterocycles. The fourth-order valence-electron chi connectivity index (χ4n) is 3.87. The van der Waals surface area contributed by atoms with E-state index in [4.69, 9.17) is 4.74 Å². The molecule has 1 unspecified atom stereocenters. The molecule has 1 aromatic heterocycles. The highest BCUT2D eigenvalue weighted by Gasteiger charge is 2.37. The molecule has 0 spiro atoms. The zero-order valence-electron chi connectivity index (χ0n) is 17.7.